The molecule has 0 aromatic heterocycles. The lowest BCUT2D eigenvalue weighted by molar-refractivity contribution is -0.143. The van der Waals surface area contributed by atoms with E-state index in [0.29, 0.717) is 18.6 Å². The van der Waals surface area contributed by atoms with Gasteiger partial charge >= 0.3 is 5.97 Å². The fraction of sp³-hybridized carbons (Fsp3) is 0.565. The second-order valence-electron chi connectivity index (χ2n) is 8.27. The molecule has 7 N–H and O–H groups in total. The zero-order valence-corrected chi connectivity index (χ0v) is 21.9. The SMILES string of the molecule is CCC(C)C(NC(=O)C(CS)NC(=O)C(CCSC)NC(=O)C(N)Cc1ccc(O)cc1)C(=O)O. The molecule has 0 fully saturated rings. The number of thiol groups is 1. The highest BCUT2D eigenvalue weighted by Gasteiger charge is 2.31. The molecule has 1 aromatic carbocycles. The van der Waals surface area contributed by atoms with Crippen molar-refractivity contribution in [2.24, 2.45) is 11.7 Å². The minimum Gasteiger partial charge on any atom is -0.508 e. The maximum atomic E-state index is 13.0. The monoisotopic (exact) mass is 528 g/mol. The van der Waals surface area contributed by atoms with Crippen molar-refractivity contribution in [3.63, 3.8) is 0 Å². The maximum Gasteiger partial charge on any atom is 0.326 e. The first-order chi connectivity index (χ1) is 16.5. The Morgan fingerprint density at radius 1 is 1.03 bits per heavy atom. The summed E-state index contributed by atoms with van der Waals surface area (Å²) in [6.45, 7) is 3.53. The van der Waals surface area contributed by atoms with Crippen LogP contribution < -0.4 is 21.7 Å². The second kappa shape index (κ2) is 15.5. The molecular formula is C23H36N4O6S2. The van der Waals surface area contributed by atoms with E-state index in [1.54, 1.807) is 19.1 Å². The summed E-state index contributed by atoms with van der Waals surface area (Å²) in [5.41, 5.74) is 6.77. The average Bonchev–Trinajstić information content (AvgIpc) is 2.83. The van der Waals surface area contributed by atoms with Crippen molar-refractivity contribution in [3.8, 4) is 5.75 Å². The number of aromatic hydroxyl groups is 1. The molecule has 3 amide bonds. The first kappa shape index (κ1) is 30.6. The summed E-state index contributed by atoms with van der Waals surface area (Å²) in [4.78, 5) is 49.8. The van der Waals surface area contributed by atoms with Crippen molar-refractivity contribution in [2.75, 3.05) is 17.8 Å². The van der Waals surface area contributed by atoms with Crippen molar-refractivity contribution in [1.29, 1.82) is 0 Å². The predicted octanol–water partition coefficient (Wildman–Crippen LogP) is 0.530. The molecule has 0 bridgehead atoms. The smallest absolute Gasteiger partial charge is 0.326 e. The molecular weight excluding hydrogens is 492 g/mol. The molecule has 10 nitrogen and oxygen atoms in total. The van der Waals surface area contributed by atoms with Gasteiger partial charge in [-0.3, -0.25) is 14.4 Å². The Morgan fingerprint density at radius 2 is 1.60 bits per heavy atom. The van der Waals surface area contributed by atoms with E-state index in [4.69, 9.17) is 5.73 Å². The summed E-state index contributed by atoms with van der Waals surface area (Å²) in [5.74, 6) is -2.65. The van der Waals surface area contributed by atoms with E-state index in [1.807, 2.05) is 13.2 Å². The lowest BCUT2D eigenvalue weighted by atomic mass is 9.99. The molecule has 1 rings (SSSR count). The van der Waals surface area contributed by atoms with E-state index in [-0.39, 0.29) is 23.8 Å². The number of carbonyl (C=O) groups is 4. The minimum absolute atomic E-state index is 0.0615. The number of hydrogen-bond donors (Lipinski definition) is 7. The van der Waals surface area contributed by atoms with Gasteiger partial charge in [-0.25, -0.2) is 4.79 Å². The third-order valence-corrected chi connectivity index (χ3v) is 6.57. The zero-order valence-electron chi connectivity index (χ0n) is 20.2. The van der Waals surface area contributed by atoms with Gasteiger partial charge in [-0.2, -0.15) is 24.4 Å². The Hall–Kier alpha value is -2.44. The van der Waals surface area contributed by atoms with Gasteiger partial charge in [0.25, 0.3) is 0 Å². The highest BCUT2D eigenvalue weighted by atomic mass is 32.2. The lowest BCUT2D eigenvalue weighted by Crippen LogP contribution is -2.58. The van der Waals surface area contributed by atoms with Gasteiger partial charge in [0.2, 0.25) is 17.7 Å². The van der Waals surface area contributed by atoms with E-state index < -0.39 is 47.9 Å². The first-order valence-corrected chi connectivity index (χ1v) is 13.3. The van der Waals surface area contributed by atoms with Gasteiger partial charge in [0.05, 0.1) is 6.04 Å². The number of benzene rings is 1. The van der Waals surface area contributed by atoms with Gasteiger partial charge in [-0.1, -0.05) is 32.4 Å². The topological polar surface area (TPSA) is 171 Å². The van der Waals surface area contributed by atoms with Gasteiger partial charge in [0.1, 0.15) is 23.9 Å². The largest absolute Gasteiger partial charge is 0.508 e. The van der Waals surface area contributed by atoms with Crippen LogP contribution in [0.25, 0.3) is 0 Å². The summed E-state index contributed by atoms with van der Waals surface area (Å²) in [5, 5.41) is 26.5. The number of carboxylic acid groups (broad SMARTS) is 1. The van der Waals surface area contributed by atoms with Gasteiger partial charge in [-0.15, -0.1) is 0 Å². The normalized spacial score (nSPS) is 15.2. The van der Waals surface area contributed by atoms with Gasteiger partial charge < -0.3 is 31.9 Å². The van der Waals surface area contributed by atoms with Gasteiger partial charge in [-0.05, 0) is 48.5 Å². The predicted molar refractivity (Wildman–Crippen MR) is 140 cm³/mol. The highest BCUT2D eigenvalue weighted by Crippen LogP contribution is 2.12. The number of nitrogens with two attached hydrogens (primary N) is 1. The number of nitrogens with one attached hydrogen (secondary N) is 3. The highest BCUT2D eigenvalue weighted by molar-refractivity contribution is 7.98. The summed E-state index contributed by atoms with van der Waals surface area (Å²) < 4.78 is 0. The summed E-state index contributed by atoms with van der Waals surface area (Å²) in [6, 6.07) is 2.23. The van der Waals surface area contributed by atoms with E-state index in [9.17, 15) is 29.4 Å². The van der Waals surface area contributed by atoms with Crippen molar-refractivity contribution >= 4 is 48.1 Å². The molecule has 0 heterocycles. The molecule has 12 heteroatoms. The number of rotatable bonds is 15. The van der Waals surface area contributed by atoms with Crippen LogP contribution in [-0.4, -0.2) is 75.8 Å². The number of amides is 3. The molecule has 1 aromatic rings. The zero-order chi connectivity index (χ0) is 26.5. The quantitative estimate of drug-likeness (QED) is 0.162. The Balaban J connectivity index is 2.85. The Labute approximate surface area is 215 Å². The number of aliphatic carboxylic acids is 1. The molecule has 35 heavy (non-hydrogen) atoms. The van der Waals surface area contributed by atoms with Crippen LogP contribution in [0.2, 0.25) is 0 Å². The van der Waals surface area contributed by atoms with Crippen LogP contribution in [0.5, 0.6) is 5.75 Å². The summed E-state index contributed by atoms with van der Waals surface area (Å²) >= 11 is 5.62. The number of carbonyl (C=O) groups excluding carboxylic acids is 3. The van der Waals surface area contributed by atoms with Crippen LogP contribution in [-0.2, 0) is 25.6 Å². The fourth-order valence-corrected chi connectivity index (χ4v) is 3.89. The van der Waals surface area contributed by atoms with Crippen LogP contribution in [0.3, 0.4) is 0 Å². The van der Waals surface area contributed by atoms with E-state index in [2.05, 4.69) is 28.6 Å². The summed E-state index contributed by atoms with van der Waals surface area (Å²) in [6.07, 6.45) is 2.91. The lowest BCUT2D eigenvalue weighted by Gasteiger charge is -2.26. The number of thioether (sulfide) groups is 1. The number of carboxylic acids is 1. The van der Waals surface area contributed by atoms with E-state index in [0.717, 1.165) is 5.56 Å². The molecule has 196 valence electrons. The molecule has 0 aliphatic carbocycles. The van der Waals surface area contributed by atoms with Crippen molar-refractivity contribution in [2.45, 2.75) is 57.3 Å². The van der Waals surface area contributed by atoms with Crippen molar-refractivity contribution in [3.05, 3.63) is 29.8 Å². The molecule has 0 saturated carbocycles. The standard InChI is InChI=1S/C23H36N4O6S2/c1-4-13(2)19(23(32)33)27-22(31)18(12-34)26-21(30)17(9-10-35-3)25-20(29)16(24)11-14-5-7-15(28)8-6-14/h5-8,13,16-19,28,34H,4,9-12,24H2,1-3H3,(H,25,29)(H,26,30)(H,27,31)(H,32,33). The Bertz CT molecular complexity index is 855. The van der Waals surface area contributed by atoms with Crippen LogP contribution in [0.15, 0.2) is 24.3 Å². The third-order valence-electron chi connectivity index (χ3n) is 5.56. The summed E-state index contributed by atoms with van der Waals surface area (Å²) in [7, 11) is 0. The third kappa shape index (κ3) is 10.4. The molecule has 0 aliphatic heterocycles. The molecule has 5 atom stereocenters. The molecule has 0 aliphatic rings. The van der Waals surface area contributed by atoms with Gasteiger partial charge in [0.15, 0.2) is 0 Å². The van der Waals surface area contributed by atoms with E-state index >= 15 is 0 Å². The number of hydrogen-bond acceptors (Lipinski definition) is 8. The molecule has 0 saturated heterocycles. The van der Waals surface area contributed by atoms with Crippen LogP contribution in [0.1, 0.15) is 32.3 Å². The van der Waals surface area contributed by atoms with Crippen molar-refractivity contribution < 1.29 is 29.4 Å². The van der Waals surface area contributed by atoms with E-state index in [1.165, 1.54) is 23.9 Å². The average molecular weight is 529 g/mol. The molecule has 5 unspecified atom stereocenters. The first-order valence-electron chi connectivity index (χ1n) is 11.3. The Kier molecular flexibility index (Phi) is 13.6. The number of phenolic OH excluding ortho intramolecular Hbond substituents is 1. The molecule has 0 spiro atoms. The number of phenols is 1. The van der Waals surface area contributed by atoms with Crippen LogP contribution in [0, 0.1) is 5.92 Å². The van der Waals surface area contributed by atoms with Crippen LogP contribution >= 0.6 is 24.4 Å². The second-order valence-corrected chi connectivity index (χ2v) is 9.62. The maximum absolute atomic E-state index is 13.0. The molecule has 0 radical (unpaired) electrons. The fourth-order valence-electron chi connectivity index (χ4n) is 3.17. The Morgan fingerprint density at radius 3 is 2.11 bits per heavy atom. The van der Waals surface area contributed by atoms with Crippen LogP contribution in [0.4, 0.5) is 0 Å². The van der Waals surface area contributed by atoms with Gasteiger partial charge in [0, 0.05) is 5.75 Å². The van der Waals surface area contributed by atoms with Crippen molar-refractivity contribution in [1.82, 2.24) is 16.0 Å². The minimum atomic E-state index is -1.16.